The molecule has 0 spiro atoms. The van der Waals surface area contributed by atoms with E-state index < -0.39 is 28.5 Å². The van der Waals surface area contributed by atoms with Gasteiger partial charge in [0, 0.05) is 11.1 Å². The van der Waals surface area contributed by atoms with Crippen LogP contribution in [0.15, 0.2) is 77.7 Å². The molecule has 1 amide bonds. The first-order valence-electron chi connectivity index (χ1n) is 13.7. The molecule has 0 fully saturated rings. The number of carbonyl (C=O) groups excluding carboxylic acids is 2. The van der Waals surface area contributed by atoms with E-state index in [1.54, 1.807) is 0 Å². The second kappa shape index (κ2) is 11.5. The van der Waals surface area contributed by atoms with Crippen molar-refractivity contribution in [1.29, 1.82) is 0 Å². The summed E-state index contributed by atoms with van der Waals surface area (Å²) in [7, 11) is -3.85. The van der Waals surface area contributed by atoms with Crippen molar-refractivity contribution in [3.8, 4) is 0 Å². The number of para-hydroxylation sites is 1. The summed E-state index contributed by atoms with van der Waals surface area (Å²) in [6, 6.07) is 21.4. The number of esters is 1. The number of fused-ring (bicyclic) bond motifs is 2. The Kier molecular flexibility index (Phi) is 7.99. The Morgan fingerprint density at radius 3 is 2.33 bits per heavy atom. The van der Waals surface area contributed by atoms with Gasteiger partial charge in [0.15, 0.2) is 6.61 Å². The quantitative estimate of drug-likeness (QED) is 0.274. The maximum Gasteiger partial charge on any atom is 0.339 e. The van der Waals surface area contributed by atoms with Gasteiger partial charge in [-0.15, -0.1) is 0 Å². The molecule has 1 aliphatic rings. The summed E-state index contributed by atoms with van der Waals surface area (Å²) in [6.07, 6.45) is 4.49. The molecule has 0 aliphatic heterocycles. The minimum absolute atomic E-state index is 0.0635. The fourth-order valence-corrected chi connectivity index (χ4v) is 5.63. The number of anilines is 1. The highest BCUT2D eigenvalue weighted by atomic mass is 32.2. The fourth-order valence-electron chi connectivity index (χ4n) is 5.12. The molecule has 0 saturated heterocycles. The van der Waals surface area contributed by atoms with E-state index in [1.165, 1.54) is 29.8 Å². The highest BCUT2D eigenvalue weighted by molar-refractivity contribution is 7.89. The molecule has 5 rings (SSSR count). The van der Waals surface area contributed by atoms with Crippen LogP contribution in [0.5, 0.6) is 0 Å². The largest absolute Gasteiger partial charge is 0.452 e. The summed E-state index contributed by atoms with van der Waals surface area (Å²) in [5.41, 5.74) is 6.50. The van der Waals surface area contributed by atoms with E-state index in [4.69, 9.17) is 14.9 Å². The van der Waals surface area contributed by atoms with Gasteiger partial charge in [-0.2, -0.15) is 0 Å². The zero-order valence-corrected chi connectivity index (χ0v) is 24.6. The summed E-state index contributed by atoms with van der Waals surface area (Å²) in [6.45, 7) is 6.05. The second-order valence-corrected chi connectivity index (χ2v) is 13.0. The number of ether oxygens (including phenoxy) is 1. The summed E-state index contributed by atoms with van der Waals surface area (Å²) in [4.78, 5) is 31.0. The molecule has 216 valence electrons. The molecule has 3 aromatic carbocycles. The molecular weight excluding hydrogens is 550 g/mol. The van der Waals surface area contributed by atoms with Crippen molar-refractivity contribution < 1.29 is 22.7 Å². The minimum atomic E-state index is -3.85. The summed E-state index contributed by atoms with van der Waals surface area (Å²) < 4.78 is 28.4. The third-order valence-electron chi connectivity index (χ3n) is 7.29. The number of carbonyl (C=O) groups is 2. The molecule has 0 radical (unpaired) electrons. The third kappa shape index (κ3) is 6.42. The van der Waals surface area contributed by atoms with E-state index in [-0.39, 0.29) is 10.3 Å². The number of hydrogen-bond donors (Lipinski definition) is 2. The maximum atomic E-state index is 13.5. The van der Waals surface area contributed by atoms with Crippen LogP contribution in [-0.4, -0.2) is 31.9 Å². The number of nitrogens with two attached hydrogens (primary N) is 1. The minimum Gasteiger partial charge on any atom is -0.452 e. The van der Waals surface area contributed by atoms with E-state index in [0.29, 0.717) is 28.6 Å². The molecule has 42 heavy (non-hydrogen) atoms. The number of nitrogens with zero attached hydrogens (tertiary/aromatic N) is 1. The zero-order valence-electron chi connectivity index (χ0n) is 23.8. The van der Waals surface area contributed by atoms with E-state index in [0.717, 1.165) is 35.2 Å². The Morgan fingerprint density at radius 1 is 0.976 bits per heavy atom. The van der Waals surface area contributed by atoms with Crippen LogP contribution < -0.4 is 10.5 Å². The van der Waals surface area contributed by atoms with Gasteiger partial charge in [0.05, 0.1) is 21.7 Å². The number of hydrogen-bond acceptors (Lipinski definition) is 6. The average Bonchev–Trinajstić information content (AvgIpc) is 2.94. The van der Waals surface area contributed by atoms with E-state index in [2.05, 4.69) is 56.4 Å². The number of pyridine rings is 1. The van der Waals surface area contributed by atoms with E-state index >= 15 is 0 Å². The van der Waals surface area contributed by atoms with Crippen molar-refractivity contribution >= 4 is 50.1 Å². The lowest BCUT2D eigenvalue weighted by atomic mass is 9.85. The second-order valence-electron chi connectivity index (χ2n) is 11.4. The first-order chi connectivity index (χ1) is 19.9. The number of allylic oxidation sites excluding steroid dienone is 1. The Bertz CT molecular complexity index is 1800. The summed E-state index contributed by atoms with van der Waals surface area (Å²) in [5, 5.41) is 8.40. The number of amides is 1. The van der Waals surface area contributed by atoms with Crippen molar-refractivity contribution in [3.63, 3.8) is 0 Å². The van der Waals surface area contributed by atoms with Gasteiger partial charge in [0.1, 0.15) is 0 Å². The average molecular weight is 584 g/mol. The van der Waals surface area contributed by atoms with E-state index in [9.17, 15) is 18.0 Å². The molecule has 1 aromatic heterocycles. The highest BCUT2D eigenvalue weighted by Gasteiger charge is 2.26. The van der Waals surface area contributed by atoms with Crippen LogP contribution in [0.4, 0.5) is 5.69 Å². The molecule has 3 N–H and O–H groups in total. The number of nitrogens with one attached hydrogen (secondary N) is 1. The molecule has 0 unspecified atom stereocenters. The first kappa shape index (κ1) is 29.2. The van der Waals surface area contributed by atoms with Gasteiger partial charge in [0.25, 0.3) is 5.91 Å². The lowest BCUT2D eigenvalue weighted by Gasteiger charge is -2.23. The predicted octanol–water partition coefficient (Wildman–Crippen LogP) is 5.85. The topological polar surface area (TPSA) is 128 Å². The SMILES string of the molecule is CC(C)(C)c1ccc(/C=C2/CCCc3c2nc2ccccc2c3C(=O)OCC(=O)Nc2ccc(S(N)(=O)=O)cc2)cc1. The van der Waals surface area contributed by atoms with Crippen molar-refractivity contribution in [2.75, 3.05) is 11.9 Å². The Labute approximate surface area is 245 Å². The smallest absolute Gasteiger partial charge is 0.339 e. The van der Waals surface area contributed by atoms with Crippen LogP contribution in [0.1, 0.15) is 66.4 Å². The van der Waals surface area contributed by atoms with E-state index in [1.807, 2.05) is 24.3 Å². The van der Waals surface area contributed by atoms with Gasteiger partial charge in [-0.1, -0.05) is 63.2 Å². The fraction of sp³-hybridized carbons (Fsp3) is 0.242. The number of rotatable bonds is 6. The van der Waals surface area contributed by atoms with Crippen molar-refractivity contribution in [1.82, 2.24) is 4.98 Å². The van der Waals surface area contributed by atoms with Crippen LogP contribution >= 0.6 is 0 Å². The molecule has 8 nitrogen and oxygen atoms in total. The Hall–Kier alpha value is -4.34. The van der Waals surface area contributed by atoms with Crippen LogP contribution in [0.3, 0.4) is 0 Å². The summed E-state index contributed by atoms with van der Waals surface area (Å²) in [5.74, 6) is -1.15. The third-order valence-corrected chi connectivity index (χ3v) is 8.22. The van der Waals surface area contributed by atoms with Gasteiger partial charge >= 0.3 is 5.97 Å². The maximum absolute atomic E-state index is 13.5. The molecular formula is C33H33N3O5S. The molecule has 4 aromatic rings. The van der Waals surface area contributed by atoms with Gasteiger partial charge in [-0.3, -0.25) is 4.79 Å². The van der Waals surface area contributed by atoms with Crippen molar-refractivity contribution in [2.24, 2.45) is 5.14 Å². The highest BCUT2D eigenvalue weighted by Crippen LogP contribution is 2.36. The number of benzene rings is 3. The molecule has 9 heteroatoms. The lowest BCUT2D eigenvalue weighted by Crippen LogP contribution is -2.22. The number of primary sulfonamides is 1. The van der Waals surface area contributed by atoms with Crippen molar-refractivity contribution in [3.05, 3.63) is 101 Å². The predicted molar refractivity (Wildman–Crippen MR) is 164 cm³/mol. The lowest BCUT2D eigenvalue weighted by molar-refractivity contribution is -0.119. The first-order valence-corrected chi connectivity index (χ1v) is 15.3. The van der Waals surface area contributed by atoms with Crippen molar-refractivity contribution in [2.45, 2.75) is 50.3 Å². The standard InChI is InChI=1S/C33H33N3O5S/c1-33(2,3)23-13-11-21(12-14-23)19-22-7-6-9-27-30(26-8-4-5-10-28(26)36-31(22)27)32(38)41-20-29(37)35-24-15-17-25(18-16-24)42(34,39)40/h4-5,8,10-19H,6-7,9,20H2,1-3H3,(H,35,37)(H2,34,39,40)/b22-19-. The molecule has 0 bridgehead atoms. The van der Waals surface area contributed by atoms with Crippen LogP contribution in [-0.2, 0) is 31.4 Å². The number of aromatic nitrogens is 1. The van der Waals surface area contributed by atoms with Gasteiger partial charge in [-0.25, -0.2) is 23.3 Å². The van der Waals surface area contributed by atoms with Crippen LogP contribution in [0.25, 0.3) is 22.6 Å². The molecule has 1 aliphatic carbocycles. The normalized spacial score (nSPS) is 14.4. The summed E-state index contributed by atoms with van der Waals surface area (Å²) >= 11 is 0. The Morgan fingerprint density at radius 2 is 1.67 bits per heavy atom. The number of sulfonamides is 1. The van der Waals surface area contributed by atoms with Crippen LogP contribution in [0, 0.1) is 0 Å². The van der Waals surface area contributed by atoms with Crippen LogP contribution in [0.2, 0.25) is 0 Å². The monoisotopic (exact) mass is 583 g/mol. The van der Waals surface area contributed by atoms with Gasteiger partial charge in [0.2, 0.25) is 10.0 Å². The molecule has 0 saturated carbocycles. The van der Waals surface area contributed by atoms with Gasteiger partial charge < -0.3 is 10.1 Å². The Balaban J connectivity index is 1.40. The van der Waals surface area contributed by atoms with Gasteiger partial charge in [-0.05, 0) is 83.3 Å². The molecule has 0 atom stereocenters. The molecule has 1 heterocycles. The zero-order chi connectivity index (χ0) is 30.1.